The second-order valence-electron chi connectivity index (χ2n) is 5.96. The van der Waals surface area contributed by atoms with E-state index in [1.807, 2.05) is 13.0 Å². The molecule has 0 spiro atoms. The SMILES string of the molecule is CCOc1cc(C#N)ccc1O[C@@H](C)C(=O)N1CC(=O)Nc2ccccc21. The molecule has 0 saturated carbocycles. The number of rotatable bonds is 5. The van der Waals surface area contributed by atoms with Crippen molar-refractivity contribution in [2.75, 3.05) is 23.4 Å². The van der Waals surface area contributed by atoms with Crippen molar-refractivity contribution in [3.05, 3.63) is 48.0 Å². The number of amides is 2. The van der Waals surface area contributed by atoms with Gasteiger partial charge in [0.2, 0.25) is 5.91 Å². The second kappa shape index (κ2) is 7.79. The van der Waals surface area contributed by atoms with Gasteiger partial charge in [-0.15, -0.1) is 0 Å². The van der Waals surface area contributed by atoms with Crippen LogP contribution in [0.15, 0.2) is 42.5 Å². The van der Waals surface area contributed by atoms with Crippen LogP contribution in [0.25, 0.3) is 0 Å². The van der Waals surface area contributed by atoms with Gasteiger partial charge >= 0.3 is 0 Å². The molecular weight excluding hydrogens is 346 g/mol. The molecule has 0 fully saturated rings. The molecule has 0 aliphatic carbocycles. The van der Waals surface area contributed by atoms with Crippen LogP contribution in [0.5, 0.6) is 11.5 Å². The van der Waals surface area contributed by atoms with Crippen LogP contribution in [0, 0.1) is 11.3 Å². The van der Waals surface area contributed by atoms with Gasteiger partial charge in [0.05, 0.1) is 29.6 Å². The van der Waals surface area contributed by atoms with Crippen LogP contribution < -0.4 is 19.7 Å². The predicted octanol–water partition coefficient (Wildman–Crippen LogP) is 2.71. The van der Waals surface area contributed by atoms with Gasteiger partial charge in [-0.3, -0.25) is 14.5 Å². The summed E-state index contributed by atoms with van der Waals surface area (Å²) in [6.07, 6.45) is -0.851. The van der Waals surface area contributed by atoms with Gasteiger partial charge < -0.3 is 14.8 Å². The van der Waals surface area contributed by atoms with E-state index in [0.717, 1.165) is 0 Å². The summed E-state index contributed by atoms with van der Waals surface area (Å²) in [5, 5.41) is 11.8. The van der Waals surface area contributed by atoms with E-state index in [4.69, 9.17) is 14.7 Å². The minimum Gasteiger partial charge on any atom is -0.490 e. The number of hydrogen-bond donors (Lipinski definition) is 1. The van der Waals surface area contributed by atoms with Crippen LogP contribution in [0.1, 0.15) is 19.4 Å². The third kappa shape index (κ3) is 3.85. The van der Waals surface area contributed by atoms with E-state index in [-0.39, 0.29) is 18.4 Å². The predicted molar refractivity (Wildman–Crippen MR) is 99.8 cm³/mol. The van der Waals surface area contributed by atoms with Crippen LogP contribution in [-0.2, 0) is 9.59 Å². The first-order chi connectivity index (χ1) is 13.0. The highest BCUT2D eigenvalue weighted by Crippen LogP contribution is 2.32. The smallest absolute Gasteiger partial charge is 0.268 e. The molecule has 0 radical (unpaired) electrons. The van der Waals surface area contributed by atoms with Gasteiger partial charge in [-0.05, 0) is 38.1 Å². The Morgan fingerprint density at radius 1 is 1.30 bits per heavy atom. The number of nitriles is 1. The number of para-hydroxylation sites is 2. The molecule has 1 aliphatic rings. The van der Waals surface area contributed by atoms with Gasteiger partial charge in [-0.2, -0.15) is 5.26 Å². The molecule has 27 heavy (non-hydrogen) atoms. The van der Waals surface area contributed by atoms with E-state index < -0.39 is 6.10 Å². The molecule has 2 aromatic carbocycles. The fraction of sp³-hybridized carbons (Fsp3) is 0.250. The van der Waals surface area contributed by atoms with Crippen molar-refractivity contribution in [3.63, 3.8) is 0 Å². The van der Waals surface area contributed by atoms with E-state index in [2.05, 4.69) is 5.32 Å². The summed E-state index contributed by atoms with van der Waals surface area (Å²) in [6.45, 7) is 3.76. The first-order valence-corrected chi connectivity index (χ1v) is 8.57. The molecule has 1 aliphatic heterocycles. The summed E-state index contributed by atoms with van der Waals surface area (Å²) >= 11 is 0. The van der Waals surface area contributed by atoms with Gasteiger partial charge in [-0.1, -0.05) is 12.1 Å². The number of hydrogen-bond acceptors (Lipinski definition) is 5. The summed E-state index contributed by atoms with van der Waals surface area (Å²) in [5.74, 6) is 0.158. The lowest BCUT2D eigenvalue weighted by molar-refractivity contribution is -0.126. The summed E-state index contributed by atoms with van der Waals surface area (Å²) in [6, 6.07) is 13.9. The Balaban J connectivity index is 1.83. The van der Waals surface area contributed by atoms with Crippen molar-refractivity contribution < 1.29 is 19.1 Å². The van der Waals surface area contributed by atoms with Crippen LogP contribution in [0.3, 0.4) is 0 Å². The topological polar surface area (TPSA) is 91.7 Å². The van der Waals surface area contributed by atoms with Crippen molar-refractivity contribution in [2.24, 2.45) is 0 Å². The highest BCUT2D eigenvalue weighted by atomic mass is 16.5. The highest BCUT2D eigenvalue weighted by molar-refractivity contribution is 6.10. The quantitative estimate of drug-likeness (QED) is 0.880. The molecule has 7 nitrogen and oxygen atoms in total. The van der Waals surface area contributed by atoms with Crippen LogP contribution >= 0.6 is 0 Å². The molecule has 3 rings (SSSR count). The van der Waals surface area contributed by atoms with Crippen LogP contribution in [0.2, 0.25) is 0 Å². The Labute approximate surface area is 157 Å². The Kier molecular flexibility index (Phi) is 5.27. The maximum absolute atomic E-state index is 12.9. The Morgan fingerprint density at radius 3 is 2.81 bits per heavy atom. The Hall–Kier alpha value is -3.53. The molecular formula is C20H19N3O4. The molecule has 0 saturated heterocycles. The molecule has 0 unspecified atom stereocenters. The monoisotopic (exact) mass is 365 g/mol. The molecule has 2 amide bonds. The standard InChI is InChI=1S/C20H19N3O4/c1-3-26-18-10-14(11-21)8-9-17(18)27-13(2)20(25)23-12-19(24)22-15-6-4-5-7-16(15)23/h4-10,13H,3,12H2,1-2H3,(H,22,24)/t13-/m0/s1. The fourth-order valence-electron chi connectivity index (χ4n) is 2.83. The second-order valence-corrected chi connectivity index (χ2v) is 5.96. The van der Waals surface area contributed by atoms with Crippen molar-refractivity contribution in [3.8, 4) is 17.6 Å². The van der Waals surface area contributed by atoms with E-state index in [0.29, 0.717) is 35.0 Å². The third-order valence-corrected chi connectivity index (χ3v) is 4.06. The Bertz CT molecular complexity index is 920. The zero-order chi connectivity index (χ0) is 19.4. The third-order valence-electron chi connectivity index (χ3n) is 4.06. The average Bonchev–Trinajstić information content (AvgIpc) is 2.68. The lowest BCUT2D eigenvalue weighted by atomic mass is 10.1. The highest BCUT2D eigenvalue weighted by Gasteiger charge is 2.31. The minimum atomic E-state index is -0.851. The summed E-state index contributed by atoms with van der Waals surface area (Å²) in [4.78, 5) is 26.3. The minimum absolute atomic E-state index is 0.0742. The number of benzene rings is 2. The maximum atomic E-state index is 12.9. The summed E-state index contributed by atoms with van der Waals surface area (Å²) in [7, 11) is 0. The van der Waals surface area contributed by atoms with Crippen molar-refractivity contribution >= 4 is 23.2 Å². The van der Waals surface area contributed by atoms with E-state index in [1.165, 1.54) is 4.90 Å². The zero-order valence-corrected chi connectivity index (χ0v) is 15.1. The molecule has 0 bridgehead atoms. The van der Waals surface area contributed by atoms with Gasteiger partial charge in [0.25, 0.3) is 5.91 Å². The van der Waals surface area contributed by atoms with E-state index in [1.54, 1.807) is 49.4 Å². The number of nitrogens with zero attached hydrogens (tertiary/aromatic N) is 2. The number of carbonyl (C=O) groups excluding carboxylic acids is 2. The normalized spacial score (nSPS) is 13.8. The molecule has 7 heteroatoms. The summed E-state index contributed by atoms with van der Waals surface area (Å²) < 4.78 is 11.3. The van der Waals surface area contributed by atoms with Gasteiger partial charge in [0, 0.05) is 6.07 Å². The fourth-order valence-corrected chi connectivity index (χ4v) is 2.83. The molecule has 1 heterocycles. The van der Waals surface area contributed by atoms with E-state index in [9.17, 15) is 9.59 Å². The molecule has 138 valence electrons. The van der Waals surface area contributed by atoms with Crippen molar-refractivity contribution in [1.82, 2.24) is 0 Å². The number of anilines is 2. The molecule has 0 aromatic heterocycles. The largest absolute Gasteiger partial charge is 0.490 e. The number of fused-ring (bicyclic) bond motifs is 1. The number of nitrogens with one attached hydrogen (secondary N) is 1. The molecule has 1 N–H and O–H groups in total. The Morgan fingerprint density at radius 2 is 2.07 bits per heavy atom. The van der Waals surface area contributed by atoms with E-state index >= 15 is 0 Å². The maximum Gasteiger partial charge on any atom is 0.268 e. The van der Waals surface area contributed by atoms with Gasteiger partial charge in [-0.25, -0.2) is 0 Å². The van der Waals surface area contributed by atoms with Crippen molar-refractivity contribution in [2.45, 2.75) is 20.0 Å². The molecule has 1 atom stereocenters. The van der Waals surface area contributed by atoms with Crippen LogP contribution in [-0.4, -0.2) is 31.1 Å². The van der Waals surface area contributed by atoms with Gasteiger partial charge in [0.15, 0.2) is 17.6 Å². The number of carbonyl (C=O) groups is 2. The van der Waals surface area contributed by atoms with Crippen molar-refractivity contribution in [1.29, 1.82) is 5.26 Å². The van der Waals surface area contributed by atoms with Gasteiger partial charge in [0.1, 0.15) is 6.54 Å². The van der Waals surface area contributed by atoms with Crippen LogP contribution in [0.4, 0.5) is 11.4 Å². The lowest BCUT2D eigenvalue weighted by Gasteiger charge is -2.31. The average molecular weight is 365 g/mol. The lowest BCUT2D eigenvalue weighted by Crippen LogP contribution is -2.47. The zero-order valence-electron chi connectivity index (χ0n) is 15.1. The summed E-state index contributed by atoms with van der Waals surface area (Å²) in [5.41, 5.74) is 1.65. The molecule has 2 aromatic rings. The first-order valence-electron chi connectivity index (χ1n) is 8.57. The number of ether oxygens (including phenoxy) is 2. The first kappa shape index (κ1) is 18.3.